The molecule has 0 saturated carbocycles. The highest BCUT2D eigenvalue weighted by atomic mass is 16.2. The highest BCUT2D eigenvalue weighted by Crippen LogP contribution is 2.04. The minimum absolute atomic E-state index is 0.187. The normalized spacial score (nSPS) is 10.5. The van der Waals surface area contributed by atoms with Crippen molar-refractivity contribution in [3.05, 3.63) is 47.0 Å². The largest absolute Gasteiger partial charge is 0.345 e. The Kier molecular flexibility index (Phi) is 4.84. The molecule has 106 valence electrons. The summed E-state index contributed by atoms with van der Waals surface area (Å²) in [6.07, 6.45) is 1.75. The van der Waals surface area contributed by atoms with Crippen molar-refractivity contribution in [1.82, 2.24) is 20.5 Å². The molecule has 0 fully saturated rings. The van der Waals surface area contributed by atoms with Crippen molar-refractivity contribution in [3.8, 4) is 0 Å². The molecule has 0 bridgehead atoms. The molecule has 0 radical (unpaired) electrons. The monoisotopic (exact) mass is 273 g/mol. The summed E-state index contributed by atoms with van der Waals surface area (Å²) in [6, 6.07) is 7.80. The van der Waals surface area contributed by atoms with E-state index in [-0.39, 0.29) is 11.7 Å². The number of benzene rings is 1. The fourth-order valence-electron chi connectivity index (χ4n) is 1.80. The van der Waals surface area contributed by atoms with E-state index in [1.54, 1.807) is 0 Å². The number of nitrogens with two attached hydrogens (primary N) is 1. The lowest BCUT2D eigenvalue weighted by Crippen LogP contribution is -2.24. The van der Waals surface area contributed by atoms with Crippen LogP contribution in [0.5, 0.6) is 0 Å². The molecule has 0 aliphatic carbocycles. The van der Waals surface area contributed by atoms with Crippen molar-refractivity contribution in [2.75, 3.05) is 0 Å². The Morgan fingerprint density at radius 2 is 2.00 bits per heavy atom. The van der Waals surface area contributed by atoms with Gasteiger partial charge in [0, 0.05) is 19.5 Å². The van der Waals surface area contributed by atoms with E-state index in [1.807, 2.05) is 31.2 Å². The summed E-state index contributed by atoms with van der Waals surface area (Å²) in [5, 5.41) is 9.47. The first-order chi connectivity index (χ1) is 9.72. The van der Waals surface area contributed by atoms with Gasteiger partial charge in [-0.2, -0.15) is 0 Å². The van der Waals surface area contributed by atoms with Crippen LogP contribution in [0.2, 0.25) is 0 Å². The molecule has 1 amide bonds. The molecule has 6 heteroatoms. The Bertz CT molecular complexity index is 561. The molecule has 0 atom stereocenters. The van der Waals surface area contributed by atoms with Crippen LogP contribution in [0.25, 0.3) is 0 Å². The number of aromatic amines is 1. The number of H-pyrrole nitrogens is 1. The molecule has 0 spiro atoms. The van der Waals surface area contributed by atoms with Gasteiger partial charge < -0.3 is 11.1 Å². The first kappa shape index (κ1) is 14.2. The summed E-state index contributed by atoms with van der Waals surface area (Å²) in [4.78, 5) is 16.0. The second-order valence-corrected chi connectivity index (χ2v) is 4.56. The second-order valence-electron chi connectivity index (χ2n) is 4.56. The molecule has 2 aromatic rings. The van der Waals surface area contributed by atoms with E-state index in [0.29, 0.717) is 13.1 Å². The van der Waals surface area contributed by atoms with E-state index < -0.39 is 0 Å². The Hall–Kier alpha value is -2.21. The van der Waals surface area contributed by atoms with Gasteiger partial charge in [0.15, 0.2) is 0 Å². The number of aromatic nitrogens is 3. The Labute approximate surface area is 117 Å². The van der Waals surface area contributed by atoms with Gasteiger partial charge in [-0.05, 0) is 17.5 Å². The standard InChI is InChI=1S/C14H19N5O/c1-2-3-12-17-13(19-18-12)14(20)16-9-11-6-4-10(8-15)5-7-11/h4-7H,2-3,8-9,15H2,1H3,(H,16,20)(H,17,18,19). The number of aryl methyl sites for hydroxylation is 1. The summed E-state index contributed by atoms with van der Waals surface area (Å²) in [5.41, 5.74) is 7.62. The molecule has 1 aromatic heterocycles. The van der Waals surface area contributed by atoms with Crippen LogP contribution in [0.15, 0.2) is 24.3 Å². The predicted octanol–water partition coefficient (Wildman–Crippen LogP) is 1.15. The number of hydrogen-bond donors (Lipinski definition) is 3. The lowest BCUT2D eigenvalue weighted by molar-refractivity contribution is 0.0941. The second kappa shape index (κ2) is 6.81. The first-order valence-electron chi connectivity index (χ1n) is 6.70. The molecule has 2 rings (SSSR count). The molecule has 0 unspecified atom stereocenters. The molecule has 0 aliphatic heterocycles. The van der Waals surface area contributed by atoms with Crippen molar-refractivity contribution >= 4 is 5.91 Å². The zero-order valence-electron chi connectivity index (χ0n) is 11.5. The van der Waals surface area contributed by atoms with Crippen LogP contribution in [-0.2, 0) is 19.5 Å². The van der Waals surface area contributed by atoms with Gasteiger partial charge in [0.05, 0.1) is 0 Å². The van der Waals surface area contributed by atoms with Crippen LogP contribution in [0.1, 0.15) is 40.9 Å². The van der Waals surface area contributed by atoms with Crippen molar-refractivity contribution in [3.63, 3.8) is 0 Å². The average molecular weight is 273 g/mol. The van der Waals surface area contributed by atoms with Gasteiger partial charge in [0.2, 0.25) is 5.82 Å². The van der Waals surface area contributed by atoms with Gasteiger partial charge in [-0.25, -0.2) is 4.98 Å². The van der Waals surface area contributed by atoms with Crippen LogP contribution in [0.4, 0.5) is 0 Å². The number of hydrogen-bond acceptors (Lipinski definition) is 4. The number of nitrogens with zero attached hydrogens (tertiary/aromatic N) is 2. The number of carbonyl (C=O) groups excluding carboxylic acids is 1. The molecule has 0 saturated heterocycles. The molecule has 6 nitrogen and oxygen atoms in total. The van der Waals surface area contributed by atoms with Crippen molar-refractivity contribution < 1.29 is 4.79 Å². The minimum Gasteiger partial charge on any atom is -0.345 e. The lowest BCUT2D eigenvalue weighted by Gasteiger charge is -2.04. The third kappa shape index (κ3) is 3.64. The van der Waals surface area contributed by atoms with Crippen LogP contribution in [-0.4, -0.2) is 21.1 Å². The Morgan fingerprint density at radius 1 is 1.30 bits per heavy atom. The fourth-order valence-corrected chi connectivity index (χ4v) is 1.80. The molecule has 20 heavy (non-hydrogen) atoms. The zero-order valence-corrected chi connectivity index (χ0v) is 11.5. The molecular formula is C14H19N5O. The maximum atomic E-state index is 11.9. The van der Waals surface area contributed by atoms with Crippen molar-refractivity contribution in [2.45, 2.75) is 32.9 Å². The molecule has 1 heterocycles. The highest BCUT2D eigenvalue weighted by molar-refractivity contribution is 5.90. The topological polar surface area (TPSA) is 96.7 Å². The zero-order chi connectivity index (χ0) is 14.4. The van der Waals surface area contributed by atoms with Gasteiger partial charge in [-0.15, -0.1) is 5.10 Å². The average Bonchev–Trinajstić information content (AvgIpc) is 2.94. The summed E-state index contributed by atoms with van der Waals surface area (Å²) in [7, 11) is 0. The number of amides is 1. The SMILES string of the molecule is CCCc1nc(C(=O)NCc2ccc(CN)cc2)n[nH]1. The van der Waals surface area contributed by atoms with Crippen molar-refractivity contribution in [1.29, 1.82) is 0 Å². The van der Waals surface area contributed by atoms with E-state index in [4.69, 9.17) is 5.73 Å². The summed E-state index contributed by atoms with van der Waals surface area (Å²) in [6.45, 7) is 3.01. The van der Waals surface area contributed by atoms with Gasteiger partial charge in [0.25, 0.3) is 5.91 Å². The van der Waals surface area contributed by atoms with Gasteiger partial charge >= 0.3 is 0 Å². The van der Waals surface area contributed by atoms with Crippen LogP contribution in [0, 0.1) is 0 Å². The highest BCUT2D eigenvalue weighted by Gasteiger charge is 2.11. The molecule has 1 aromatic carbocycles. The third-order valence-electron chi connectivity index (χ3n) is 2.93. The molecule has 0 aliphatic rings. The summed E-state index contributed by atoms with van der Waals surface area (Å²) < 4.78 is 0. The maximum absolute atomic E-state index is 11.9. The van der Waals surface area contributed by atoms with Gasteiger partial charge in [-0.3, -0.25) is 9.89 Å². The van der Waals surface area contributed by atoms with Crippen LogP contribution < -0.4 is 11.1 Å². The fraction of sp³-hybridized carbons (Fsp3) is 0.357. The minimum atomic E-state index is -0.272. The predicted molar refractivity (Wildman–Crippen MR) is 75.9 cm³/mol. The molecular weight excluding hydrogens is 254 g/mol. The number of nitrogens with one attached hydrogen (secondary N) is 2. The number of carbonyl (C=O) groups is 1. The first-order valence-corrected chi connectivity index (χ1v) is 6.70. The summed E-state index contributed by atoms with van der Waals surface area (Å²) >= 11 is 0. The molecule has 4 N–H and O–H groups in total. The summed E-state index contributed by atoms with van der Waals surface area (Å²) in [5.74, 6) is 0.656. The quantitative estimate of drug-likeness (QED) is 0.735. The van der Waals surface area contributed by atoms with Crippen LogP contribution in [0.3, 0.4) is 0 Å². The number of rotatable bonds is 6. The van der Waals surface area contributed by atoms with E-state index >= 15 is 0 Å². The maximum Gasteiger partial charge on any atom is 0.291 e. The van der Waals surface area contributed by atoms with Gasteiger partial charge in [-0.1, -0.05) is 31.2 Å². The third-order valence-corrected chi connectivity index (χ3v) is 2.93. The van der Waals surface area contributed by atoms with Gasteiger partial charge in [0.1, 0.15) is 5.82 Å². The van der Waals surface area contributed by atoms with E-state index in [2.05, 4.69) is 20.5 Å². The van der Waals surface area contributed by atoms with E-state index in [0.717, 1.165) is 29.8 Å². The van der Waals surface area contributed by atoms with E-state index in [9.17, 15) is 4.79 Å². The lowest BCUT2D eigenvalue weighted by atomic mass is 10.1. The Balaban J connectivity index is 1.90. The smallest absolute Gasteiger partial charge is 0.291 e. The van der Waals surface area contributed by atoms with E-state index in [1.165, 1.54) is 0 Å². The Morgan fingerprint density at radius 3 is 2.65 bits per heavy atom. The van der Waals surface area contributed by atoms with Crippen molar-refractivity contribution in [2.24, 2.45) is 5.73 Å². The van der Waals surface area contributed by atoms with Crippen LogP contribution >= 0.6 is 0 Å².